The van der Waals surface area contributed by atoms with Gasteiger partial charge < -0.3 is 4.74 Å². The van der Waals surface area contributed by atoms with E-state index in [2.05, 4.69) is 19.1 Å². The number of methoxy groups -OCH3 is 1. The molecule has 1 unspecified atom stereocenters. The zero-order valence-corrected chi connectivity index (χ0v) is 16.1. The highest BCUT2D eigenvalue weighted by Crippen LogP contribution is 2.31. The van der Waals surface area contributed by atoms with Crippen LogP contribution in [-0.4, -0.2) is 18.8 Å². The lowest BCUT2D eigenvalue weighted by atomic mass is 9.98. The Morgan fingerprint density at radius 1 is 1.24 bits per heavy atom. The second kappa shape index (κ2) is 12.7. The van der Waals surface area contributed by atoms with E-state index in [0.29, 0.717) is 17.2 Å². The van der Waals surface area contributed by atoms with Crippen LogP contribution in [0.2, 0.25) is 0 Å². The molecule has 0 amide bonds. The van der Waals surface area contributed by atoms with Gasteiger partial charge in [0.15, 0.2) is 11.7 Å². The van der Waals surface area contributed by atoms with E-state index in [-0.39, 0.29) is 11.7 Å². The smallest absolute Gasteiger partial charge is 0.200 e. The fourth-order valence-corrected chi connectivity index (χ4v) is 3.06. The lowest BCUT2D eigenvalue weighted by molar-refractivity contribution is -0.111. The molecule has 1 rings (SSSR count). The van der Waals surface area contributed by atoms with Crippen LogP contribution < -0.4 is 0 Å². The largest absolute Gasteiger partial charge is 0.490 e. The SMILES string of the molecule is CCCCCCC=CC1C=C(Cl)C(=O)C1=CCCCCC(=C=O)OC. The molecular formula is C21H29ClO3. The van der Waals surface area contributed by atoms with Crippen molar-refractivity contribution in [2.24, 2.45) is 5.92 Å². The molecule has 0 aromatic carbocycles. The molecule has 1 aliphatic carbocycles. The Balaban J connectivity index is 2.47. The van der Waals surface area contributed by atoms with Gasteiger partial charge in [0.2, 0.25) is 5.78 Å². The van der Waals surface area contributed by atoms with Crippen molar-refractivity contribution in [2.75, 3.05) is 7.11 Å². The summed E-state index contributed by atoms with van der Waals surface area (Å²) in [5, 5.41) is 0.317. The van der Waals surface area contributed by atoms with Crippen LogP contribution >= 0.6 is 11.6 Å². The first-order chi connectivity index (χ1) is 12.1. The standard InChI is InChI=1S/C21H29ClO3/c1-3-4-5-6-7-9-12-17-15-20(22)21(24)19(17)14-11-8-10-13-18(16-23)25-2/h9,12,14-15,17H,3-8,10-11,13H2,1-2H3. The molecule has 138 valence electrons. The monoisotopic (exact) mass is 364 g/mol. The third-order valence-corrected chi connectivity index (χ3v) is 4.61. The molecule has 0 heterocycles. The van der Waals surface area contributed by atoms with Gasteiger partial charge >= 0.3 is 0 Å². The van der Waals surface area contributed by atoms with E-state index in [1.54, 1.807) is 5.94 Å². The number of rotatable bonds is 12. The molecule has 0 radical (unpaired) electrons. The molecule has 0 N–H and O–H groups in total. The summed E-state index contributed by atoms with van der Waals surface area (Å²) in [4.78, 5) is 22.7. The number of hydrogen-bond donors (Lipinski definition) is 0. The van der Waals surface area contributed by atoms with E-state index in [0.717, 1.165) is 31.3 Å². The Kier molecular flexibility index (Phi) is 10.9. The van der Waals surface area contributed by atoms with Crippen molar-refractivity contribution in [1.82, 2.24) is 0 Å². The number of hydrogen-bond acceptors (Lipinski definition) is 3. The molecule has 1 aliphatic rings. The summed E-state index contributed by atoms with van der Waals surface area (Å²) in [6, 6.07) is 0. The molecule has 0 saturated carbocycles. The fraction of sp³-hybridized carbons (Fsp3) is 0.571. The van der Waals surface area contributed by atoms with Crippen LogP contribution in [-0.2, 0) is 14.3 Å². The number of Topliss-reactive ketones (excluding diaryl/α,β-unsaturated/α-hetero) is 1. The Labute approximate surface area is 156 Å². The van der Waals surface area contributed by atoms with Gasteiger partial charge in [-0.3, -0.25) is 4.79 Å². The maximum absolute atomic E-state index is 12.2. The van der Waals surface area contributed by atoms with Gasteiger partial charge in [0, 0.05) is 17.9 Å². The normalized spacial score (nSPS) is 18.7. The van der Waals surface area contributed by atoms with Crippen LogP contribution in [0.4, 0.5) is 0 Å². The molecule has 0 fully saturated rings. The summed E-state index contributed by atoms with van der Waals surface area (Å²) in [5.41, 5.74) is 0.771. The maximum atomic E-state index is 12.2. The number of ketones is 1. The van der Waals surface area contributed by atoms with Crippen molar-refractivity contribution in [3.8, 4) is 0 Å². The van der Waals surface area contributed by atoms with Crippen molar-refractivity contribution in [3.63, 3.8) is 0 Å². The minimum absolute atomic E-state index is 0.00409. The molecule has 0 saturated heterocycles. The maximum Gasteiger partial charge on any atom is 0.200 e. The van der Waals surface area contributed by atoms with Crippen molar-refractivity contribution in [3.05, 3.63) is 40.7 Å². The molecule has 1 atom stereocenters. The van der Waals surface area contributed by atoms with Crippen molar-refractivity contribution < 1.29 is 14.3 Å². The van der Waals surface area contributed by atoms with Gasteiger partial charge in [-0.15, -0.1) is 0 Å². The van der Waals surface area contributed by atoms with Gasteiger partial charge in [-0.1, -0.05) is 62.1 Å². The number of carbonyl (C=O) groups is 1. The van der Waals surface area contributed by atoms with Crippen molar-refractivity contribution in [1.29, 1.82) is 0 Å². The predicted molar refractivity (Wildman–Crippen MR) is 103 cm³/mol. The molecule has 4 heteroatoms. The summed E-state index contributed by atoms with van der Waals surface area (Å²) in [5.74, 6) is 2.06. The summed E-state index contributed by atoms with van der Waals surface area (Å²) < 4.78 is 4.90. The molecule has 25 heavy (non-hydrogen) atoms. The Hall–Kier alpha value is -1.57. The Morgan fingerprint density at radius 2 is 2.00 bits per heavy atom. The first-order valence-electron chi connectivity index (χ1n) is 9.20. The average molecular weight is 365 g/mol. The number of carbonyl (C=O) groups excluding carboxylic acids is 2. The van der Waals surface area contributed by atoms with Crippen LogP contribution in [0.3, 0.4) is 0 Å². The molecule has 3 nitrogen and oxygen atoms in total. The zero-order valence-electron chi connectivity index (χ0n) is 15.4. The average Bonchev–Trinajstić information content (AvgIpc) is 2.88. The van der Waals surface area contributed by atoms with Gasteiger partial charge in [-0.25, -0.2) is 4.79 Å². The summed E-state index contributed by atoms with van der Waals surface area (Å²) in [6.45, 7) is 2.20. The van der Waals surface area contributed by atoms with E-state index in [1.807, 2.05) is 12.2 Å². The summed E-state index contributed by atoms with van der Waals surface area (Å²) >= 11 is 6.03. The highest BCUT2D eigenvalue weighted by atomic mass is 35.5. The number of ether oxygens (including phenoxy) is 1. The number of allylic oxidation sites excluding steroid dienone is 7. The van der Waals surface area contributed by atoms with Gasteiger partial charge in [0.05, 0.1) is 12.1 Å². The molecule has 0 aliphatic heterocycles. The van der Waals surface area contributed by atoms with Gasteiger partial charge in [-0.2, -0.15) is 0 Å². The first kappa shape index (κ1) is 21.5. The molecule has 0 aromatic rings. The van der Waals surface area contributed by atoms with Crippen LogP contribution in [0, 0.1) is 5.92 Å². The quantitative estimate of drug-likeness (QED) is 0.147. The Bertz CT molecular complexity index is 566. The molecule has 0 aromatic heterocycles. The first-order valence-corrected chi connectivity index (χ1v) is 9.58. The topological polar surface area (TPSA) is 43.4 Å². The predicted octanol–water partition coefficient (Wildman–Crippen LogP) is 5.68. The van der Waals surface area contributed by atoms with Gasteiger partial charge in [0.1, 0.15) is 0 Å². The highest BCUT2D eigenvalue weighted by molar-refractivity contribution is 6.46. The third kappa shape index (κ3) is 7.90. The Morgan fingerprint density at radius 3 is 2.68 bits per heavy atom. The van der Waals surface area contributed by atoms with Crippen molar-refractivity contribution >= 4 is 23.3 Å². The second-order valence-corrected chi connectivity index (χ2v) is 6.69. The van der Waals surface area contributed by atoms with Gasteiger partial charge in [-0.05, 0) is 32.1 Å². The van der Waals surface area contributed by atoms with E-state index in [4.69, 9.17) is 16.3 Å². The van der Waals surface area contributed by atoms with Crippen molar-refractivity contribution in [2.45, 2.75) is 64.7 Å². The molecular weight excluding hydrogens is 336 g/mol. The van der Waals surface area contributed by atoms with Crippen LogP contribution in [0.25, 0.3) is 0 Å². The second-order valence-electron chi connectivity index (χ2n) is 6.28. The highest BCUT2D eigenvalue weighted by Gasteiger charge is 2.26. The van der Waals surface area contributed by atoms with E-state index in [9.17, 15) is 9.59 Å². The number of halogens is 1. The lowest BCUT2D eigenvalue weighted by Crippen LogP contribution is -2.01. The number of unbranched alkanes of at least 4 members (excludes halogenated alkanes) is 6. The van der Waals surface area contributed by atoms with E-state index >= 15 is 0 Å². The van der Waals surface area contributed by atoms with E-state index in [1.165, 1.54) is 32.8 Å². The molecule has 0 bridgehead atoms. The lowest BCUT2D eigenvalue weighted by Gasteiger charge is -2.05. The minimum atomic E-state index is -0.0623. The molecule has 0 spiro atoms. The van der Waals surface area contributed by atoms with Crippen LogP contribution in [0.15, 0.2) is 40.7 Å². The summed E-state index contributed by atoms with van der Waals surface area (Å²) in [6.07, 6.45) is 17.1. The summed E-state index contributed by atoms with van der Waals surface area (Å²) in [7, 11) is 1.48. The van der Waals surface area contributed by atoms with E-state index < -0.39 is 0 Å². The minimum Gasteiger partial charge on any atom is -0.490 e. The third-order valence-electron chi connectivity index (χ3n) is 4.31. The van der Waals surface area contributed by atoms with Crippen LogP contribution in [0.1, 0.15) is 64.7 Å². The fourth-order valence-electron chi connectivity index (χ4n) is 2.81. The zero-order chi connectivity index (χ0) is 18.5. The van der Waals surface area contributed by atoms with Gasteiger partial charge in [0.25, 0.3) is 0 Å². The van der Waals surface area contributed by atoms with Crippen LogP contribution in [0.5, 0.6) is 0 Å².